The highest BCUT2D eigenvalue weighted by atomic mass is 16.7. The molecule has 14 heteroatoms. The number of aliphatic hydroxyl groups excluding tert-OH is 2. The summed E-state index contributed by atoms with van der Waals surface area (Å²) >= 11 is 0. The number of carbonyl (C=O) groups is 1. The van der Waals surface area contributed by atoms with Gasteiger partial charge in [0.1, 0.15) is 23.4 Å². The Hall–Kier alpha value is -1.01. The van der Waals surface area contributed by atoms with Crippen molar-refractivity contribution in [2.45, 2.75) is 191 Å². The Kier molecular flexibility index (Phi) is 13.0. The average Bonchev–Trinajstić information content (AvgIpc) is 3.56. The van der Waals surface area contributed by atoms with Gasteiger partial charge in [-0.1, -0.05) is 41.5 Å². The van der Waals surface area contributed by atoms with Gasteiger partial charge in [0.05, 0.1) is 41.5 Å². The maximum Gasteiger partial charge on any atom is 0.311 e. The molecule has 5 aliphatic rings. The molecule has 55 heavy (non-hydrogen) atoms. The lowest BCUT2D eigenvalue weighted by molar-refractivity contribution is -0.354. The van der Waals surface area contributed by atoms with Crippen LogP contribution in [0.3, 0.4) is 0 Å². The summed E-state index contributed by atoms with van der Waals surface area (Å²) in [6, 6.07) is -0.365. The highest BCUT2D eigenvalue weighted by molar-refractivity contribution is 5.73. The third-order valence-corrected chi connectivity index (χ3v) is 15.2. The Labute approximate surface area is 329 Å². The molecule has 6 bridgehead atoms. The number of hydrogen-bond donors (Lipinski definition) is 7. The van der Waals surface area contributed by atoms with Crippen molar-refractivity contribution in [3.8, 4) is 0 Å². The van der Waals surface area contributed by atoms with Crippen LogP contribution in [0.25, 0.3) is 0 Å². The molecule has 5 fully saturated rings. The first-order valence-corrected chi connectivity index (χ1v) is 20.9. The summed E-state index contributed by atoms with van der Waals surface area (Å²) in [5, 5.41) is 67.3. The Morgan fingerprint density at radius 2 is 1.58 bits per heavy atom. The number of ether oxygens (including phenoxy) is 5. The minimum Gasteiger partial charge on any atom is -0.456 e. The maximum absolute atomic E-state index is 14.5. The van der Waals surface area contributed by atoms with Gasteiger partial charge < -0.3 is 64.8 Å². The third kappa shape index (κ3) is 7.45. The zero-order chi connectivity index (χ0) is 41.3. The van der Waals surface area contributed by atoms with Gasteiger partial charge in [0.15, 0.2) is 18.2 Å². The molecule has 7 N–H and O–H groups in total. The van der Waals surface area contributed by atoms with Gasteiger partial charge in [0.25, 0.3) is 0 Å². The molecular formula is C41H75N3O11. The van der Waals surface area contributed by atoms with Gasteiger partial charge in [-0.2, -0.15) is 0 Å². The predicted octanol–water partition coefficient (Wildman–Crippen LogP) is 1.91. The van der Waals surface area contributed by atoms with Crippen LogP contribution in [0, 0.1) is 29.1 Å². The smallest absolute Gasteiger partial charge is 0.311 e. The first-order valence-electron chi connectivity index (χ1n) is 20.9. The molecule has 1 saturated carbocycles. The number of likely N-dealkylation sites (N-methyl/N-ethyl adjacent to an activating group) is 1. The second-order valence-corrected chi connectivity index (χ2v) is 19.2. The van der Waals surface area contributed by atoms with Crippen molar-refractivity contribution < 1.29 is 54.0 Å². The second kappa shape index (κ2) is 15.9. The van der Waals surface area contributed by atoms with E-state index in [0.29, 0.717) is 19.5 Å². The molecule has 0 aromatic heterocycles. The van der Waals surface area contributed by atoms with Crippen LogP contribution >= 0.6 is 0 Å². The van der Waals surface area contributed by atoms with Crippen molar-refractivity contribution in [3.05, 3.63) is 0 Å². The van der Waals surface area contributed by atoms with E-state index in [9.17, 15) is 30.3 Å². The molecule has 320 valence electrons. The quantitative estimate of drug-likeness (QED) is 0.153. The summed E-state index contributed by atoms with van der Waals surface area (Å²) < 4.78 is 33.5. The molecule has 0 spiro atoms. The lowest BCUT2D eigenvalue weighted by Crippen LogP contribution is -2.70. The van der Waals surface area contributed by atoms with Crippen molar-refractivity contribution in [1.82, 2.24) is 15.5 Å². The summed E-state index contributed by atoms with van der Waals surface area (Å²) in [6.07, 6.45) is -5.45. The third-order valence-electron chi connectivity index (χ3n) is 15.2. The molecule has 4 aliphatic heterocycles. The zero-order valence-electron chi connectivity index (χ0n) is 35.8. The molecule has 19 atom stereocenters. The monoisotopic (exact) mass is 786 g/mol. The highest BCUT2D eigenvalue weighted by Gasteiger charge is 2.82. The van der Waals surface area contributed by atoms with E-state index >= 15 is 0 Å². The molecular weight excluding hydrogens is 710 g/mol. The van der Waals surface area contributed by atoms with E-state index in [1.165, 1.54) is 0 Å². The van der Waals surface area contributed by atoms with Crippen LogP contribution in [0.5, 0.6) is 0 Å². The summed E-state index contributed by atoms with van der Waals surface area (Å²) in [5.74, 6) is -2.84. The van der Waals surface area contributed by atoms with E-state index in [1.54, 1.807) is 27.7 Å². The van der Waals surface area contributed by atoms with Gasteiger partial charge in [-0.25, -0.2) is 0 Å². The fourth-order valence-corrected chi connectivity index (χ4v) is 10.9. The van der Waals surface area contributed by atoms with Crippen LogP contribution in [0.2, 0.25) is 0 Å². The van der Waals surface area contributed by atoms with Crippen molar-refractivity contribution >= 4 is 5.97 Å². The highest BCUT2D eigenvalue weighted by Crippen LogP contribution is 2.58. The number of nitrogens with one attached hydrogen (secondary N) is 2. The Balaban J connectivity index is 1.67. The van der Waals surface area contributed by atoms with Gasteiger partial charge >= 0.3 is 5.97 Å². The number of rotatable bonds is 6. The summed E-state index contributed by atoms with van der Waals surface area (Å²) in [6.45, 7) is 21.7. The molecule has 0 amide bonds. The number of nitrogens with zero attached hydrogens (tertiary/aromatic N) is 1. The van der Waals surface area contributed by atoms with Crippen LogP contribution in [0.15, 0.2) is 0 Å². The Morgan fingerprint density at radius 1 is 0.927 bits per heavy atom. The van der Waals surface area contributed by atoms with Crippen molar-refractivity contribution in [3.63, 3.8) is 0 Å². The molecule has 0 aromatic rings. The normalized spacial score (nSPS) is 53.9. The van der Waals surface area contributed by atoms with E-state index in [0.717, 1.165) is 6.42 Å². The Morgan fingerprint density at radius 3 is 2.18 bits per heavy atom. The molecule has 0 aromatic carbocycles. The first kappa shape index (κ1) is 45.1. The summed E-state index contributed by atoms with van der Waals surface area (Å²) in [4.78, 5) is 16.4. The van der Waals surface area contributed by atoms with E-state index in [-0.39, 0.29) is 43.7 Å². The van der Waals surface area contributed by atoms with Crippen LogP contribution in [0.1, 0.15) is 108 Å². The van der Waals surface area contributed by atoms with Gasteiger partial charge in [-0.3, -0.25) is 4.79 Å². The van der Waals surface area contributed by atoms with E-state index < -0.39 is 100 Å². The number of esters is 1. The van der Waals surface area contributed by atoms with Crippen LogP contribution in [0.4, 0.5) is 0 Å². The summed E-state index contributed by atoms with van der Waals surface area (Å²) in [7, 11) is 3.82. The van der Waals surface area contributed by atoms with Crippen molar-refractivity contribution in [2.75, 3.05) is 33.7 Å². The van der Waals surface area contributed by atoms with Crippen LogP contribution < -0.4 is 10.6 Å². The van der Waals surface area contributed by atoms with E-state index in [2.05, 4.69) is 24.5 Å². The minimum atomic E-state index is -1.79. The van der Waals surface area contributed by atoms with Crippen LogP contribution in [-0.4, -0.2) is 153 Å². The second-order valence-electron chi connectivity index (χ2n) is 19.2. The molecule has 0 radical (unpaired) electrons. The predicted molar refractivity (Wildman–Crippen MR) is 206 cm³/mol. The topological polar surface area (TPSA) is 192 Å². The van der Waals surface area contributed by atoms with E-state index in [4.69, 9.17) is 23.7 Å². The lowest BCUT2D eigenvalue weighted by Gasteiger charge is -2.59. The molecule has 1 aliphatic carbocycles. The van der Waals surface area contributed by atoms with Gasteiger partial charge in [0.2, 0.25) is 0 Å². The van der Waals surface area contributed by atoms with E-state index in [1.807, 2.05) is 53.6 Å². The molecule has 4 saturated heterocycles. The molecule has 1 unspecified atom stereocenters. The van der Waals surface area contributed by atoms with Gasteiger partial charge in [-0.15, -0.1) is 0 Å². The van der Waals surface area contributed by atoms with Crippen molar-refractivity contribution in [2.24, 2.45) is 29.1 Å². The number of aliphatic hydroxyl groups is 5. The van der Waals surface area contributed by atoms with Gasteiger partial charge in [0, 0.05) is 30.3 Å². The first-order chi connectivity index (χ1) is 25.4. The molecule has 4 heterocycles. The summed E-state index contributed by atoms with van der Waals surface area (Å²) in [5.41, 5.74) is -8.21. The standard InChI is InChI=1S/C41H75N3O11/c1-14-16-42-21-40(49)26(7)51-29-19-36(40,8)25(6)28-17-27(44(12)13)30(45)34(52-28)54-32-23(4)31(53-29)24(5)33(46)55-38(10,15-2)41(50)35(47)39(41,11)43-20-22(3)18-37(32,9)48/h22-32,34-35,42-43,45,47-50H,14-21H2,1-13H3/t22-,23+,24-,25?,26+,27+,28+,29+,30-,31+,32-,34+,35-,36+,37-,38-,39+,40+,41+/m1/s1. The maximum atomic E-state index is 14.5. The molecule has 5 rings (SSSR count). The number of hydrogen-bond acceptors (Lipinski definition) is 14. The number of carbonyl (C=O) groups excluding carboxylic acids is 1. The Bertz CT molecular complexity index is 1360. The van der Waals surface area contributed by atoms with Crippen molar-refractivity contribution in [1.29, 1.82) is 0 Å². The van der Waals surface area contributed by atoms with Crippen LogP contribution in [-0.2, 0) is 28.5 Å². The van der Waals surface area contributed by atoms with Gasteiger partial charge in [-0.05, 0) is 99.3 Å². The number of fused-ring (bicyclic) bond motifs is 7. The average molecular weight is 786 g/mol. The fourth-order valence-electron chi connectivity index (χ4n) is 10.9. The molecule has 14 nitrogen and oxygen atoms in total. The fraction of sp³-hybridized carbons (Fsp3) is 0.976. The number of cyclic esters (lactones) is 1. The zero-order valence-corrected chi connectivity index (χ0v) is 35.8. The SMILES string of the molecule is CCCNC[C@]1(O)[C@H](C)O[C@@H]2C[C@@]1(C)C(C)[C@@H]1C[C@H](N(C)C)[C@@H](O)[C@@H](O1)O[C@@H]1[C@@H](C)[C@H](O2)[C@@H](C)C(=O)O[C@](C)(CC)[C@@]2(O)[C@H](O)[C@]2(C)NC[C@H](C)C[C@@]1(C)O. The lowest BCUT2D eigenvalue weighted by atomic mass is 9.58. The minimum absolute atomic E-state index is 0.182. The largest absolute Gasteiger partial charge is 0.456 e.